The van der Waals surface area contributed by atoms with E-state index in [-0.39, 0.29) is 11.5 Å². The minimum atomic E-state index is -0.175. The molecule has 0 heterocycles. The molecule has 0 aliphatic heterocycles. The molecular weight excluding hydrogens is 262 g/mol. The fourth-order valence-electron chi connectivity index (χ4n) is 1.97. The Hall–Kier alpha value is -0.570. The highest BCUT2D eigenvalue weighted by Gasteiger charge is 2.25. The standard InChI is InChI=1S/C18H37NO2/c1-7-10-14-19-16(20)11-12-18(6,9-3)21-15-13-17(4,5)8-2/h7-15H2,1-6H3,(H,19,20). The van der Waals surface area contributed by atoms with Crippen LogP contribution in [0.5, 0.6) is 0 Å². The van der Waals surface area contributed by atoms with Crippen LogP contribution >= 0.6 is 0 Å². The summed E-state index contributed by atoms with van der Waals surface area (Å²) in [6, 6.07) is 0. The molecule has 0 bridgehead atoms. The molecule has 1 N–H and O–H groups in total. The molecule has 1 unspecified atom stereocenters. The lowest BCUT2D eigenvalue weighted by Gasteiger charge is -2.31. The minimum Gasteiger partial charge on any atom is -0.375 e. The summed E-state index contributed by atoms with van der Waals surface area (Å²) in [6.07, 6.45) is 6.71. The topological polar surface area (TPSA) is 38.3 Å². The van der Waals surface area contributed by atoms with Gasteiger partial charge in [-0.15, -0.1) is 0 Å². The summed E-state index contributed by atoms with van der Waals surface area (Å²) < 4.78 is 6.11. The van der Waals surface area contributed by atoms with Gasteiger partial charge in [-0.3, -0.25) is 4.79 Å². The van der Waals surface area contributed by atoms with E-state index in [0.29, 0.717) is 11.8 Å². The number of nitrogens with one attached hydrogen (secondary N) is 1. The fraction of sp³-hybridized carbons (Fsp3) is 0.944. The fourth-order valence-corrected chi connectivity index (χ4v) is 1.97. The van der Waals surface area contributed by atoms with E-state index >= 15 is 0 Å². The lowest BCUT2D eigenvalue weighted by atomic mass is 9.87. The van der Waals surface area contributed by atoms with Gasteiger partial charge in [0.2, 0.25) is 5.91 Å². The van der Waals surface area contributed by atoms with E-state index in [2.05, 4.69) is 46.9 Å². The molecule has 1 amide bonds. The number of rotatable bonds is 12. The second kappa shape index (κ2) is 10.2. The van der Waals surface area contributed by atoms with Gasteiger partial charge >= 0.3 is 0 Å². The second-order valence-corrected chi connectivity index (χ2v) is 7.12. The van der Waals surface area contributed by atoms with Crippen LogP contribution in [0.2, 0.25) is 0 Å². The van der Waals surface area contributed by atoms with Crippen LogP contribution in [0.3, 0.4) is 0 Å². The van der Waals surface area contributed by atoms with Crippen LogP contribution in [0.1, 0.15) is 86.5 Å². The normalized spacial score (nSPS) is 14.8. The number of carbonyl (C=O) groups excluding carboxylic acids is 1. The maximum absolute atomic E-state index is 11.8. The predicted octanol–water partition coefficient (Wildman–Crippen LogP) is 4.69. The van der Waals surface area contributed by atoms with Crippen LogP contribution in [-0.4, -0.2) is 24.7 Å². The summed E-state index contributed by atoms with van der Waals surface area (Å²) in [7, 11) is 0. The van der Waals surface area contributed by atoms with Crippen LogP contribution in [0.15, 0.2) is 0 Å². The van der Waals surface area contributed by atoms with Crippen molar-refractivity contribution < 1.29 is 9.53 Å². The van der Waals surface area contributed by atoms with Crippen LogP contribution in [0.25, 0.3) is 0 Å². The molecule has 0 aromatic rings. The Morgan fingerprint density at radius 1 is 1.05 bits per heavy atom. The van der Waals surface area contributed by atoms with Gasteiger partial charge in [0, 0.05) is 19.6 Å². The Kier molecular flexibility index (Phi) is 9.93. The Morgan fingerprint density at radius 3 is 2.24 bits per heavy atom. The average Bonchev–Trinajstić information content (AvgIpc) is 2.45. The summed E-state index contributed by atoms with van der Waals surface area (Å²) in [5, 5.41) is 2.98. The van der Waals surface area contributed by atoms with Crippen LogP contribution in [0, 0.1) is 5.41 Å². The molecule has 0 aliphatic carbocycles. The first kappa shape index (κ1) is 20.4. The van der Waals surface area contributed by atoms with Gasteiger partial charge in [0.1, 0.15) is 0 Å². The van der Waals surface area contributed by atoms with Gasteiger partial charge in [-0.1, -0.05) is 47.5 Å². The van der Waals surface area contributed by atoms with Crippen molar-refractivity contribution in [3.63, 3.8) is 0 Å². The highest BCUT2D eigenvalue weighted by Crippen LogP contribution is 2.27. The van der Waals surface area contributed by atoms with Crippen molar-refractivity contribution in [2.75, 3.05) is 13.2 Å². The molecule has 3 heteroatoms. The van der Waals surface area contributed by atoms with E-state index in [4.69, 9.17) is 4.74 Å². The maximum Gasteiger partial charge on any atom is 0.220 e. The Bertz CT molecular complexity index is 289. The highest BCUT2D eigenvalue weighted by molar-refractivity contribution is 5.75. The van der Waals surface area contributed by atoms with Gasteiger partial charge in [0.05, 0.1) is 5.60 Å². The third-order valence-electron chi connectivity index (χ3n) is 4.67. The van der Waals surface area contributed by atoms with E-state index < -0.39 is 0 Å². The monoisotopic (exact) mass is 299 g/mol. The number of amides is 1. The third-order valence-corrected chi connectivity index (χ3v) is 4.67. The van der Waals surface area contributed by atoms with E-state index in [1.807, 2.05) is 0 Å². The van der Waals surface area contributed by atoms with E-state index in [1.165, 1.54) is 6.42 Å². The van der Waals surface area contributed by atoms with Gasteiger partial charge in [-0.25, -0.2) is 0 Å². The van der Waals surface area contributed by atoms with E-state index in [1.54, 1.807) is 0 Å². The zero-order valence-corrected chi connectivity index (χ0v) is 15.2. The molecule has 0 radical (unpaired) electrons. The number of carbonyl (C=O) groups is 1. The summed E-state index contributed by atoms with van der Waals surface area (Å²) in [4.78, 5) is 11.8. The minimum absolute atomic E-state index is 0.153. The summed E-state index contributed by atoms with van der Waals surface area (Å²) >= 11 is 0. The van der Waals surface area contributed by atoms with Crippen molar-refractivity contribution in [1.29, 1.82) is 0 Å². The molecule has 0 saturated carbocycles. The molecule has 126 valence electrons. The van der Waals surface area contributed by atoms with Gasteiger partial charge in [-0.2, -0.15) is 0 Å². The SMILES string of the molecule is CCCCNC(=O)CCC(C)(CC)OCCC(C)(C)CC. The lowest BCUT2D eigenvalue weighted by Crippen LogP contribution is -2.33. The zero-order valence-electron chi connectivity index (χ0n) is 15.2. The third kappa shape index (κ3) is 9.89. The first-order valence-electron chi connectivity index (χ1n) is 8.69. The molecule has 0 aliphatic rings. The molecule has 0 spiro atoms. The van der Waals surface area contributed by atoms with Gasteiger partial charge < -0.3 is 10.1 Å². The molecule has 0 saturated heterocycles. The molecule has 0 fully saturated rings. The van der Waals surface area contributed by atoms with Crippen LogP contribution in [-0.2, 0) is 9.53 Å². The van der Waals surface area contributed by atoms with Crippen molar-refractivity contribution in [1.82, 2.24) is 5.32 Å². The van der Waals surface area contributed by atoms with Crippen LogP contribution < -0.4 is 5.32 Å². The van der Waals surface area contributed by atoms with Crippen molar-refractivity contribution >= 4 is 5.91 Å². The quantitative estimate of drug-likeness (QED) is 0.531. The maximum atomic E-state index is 11.8. The Labute approximate surface area is 132 Å². The molecule has 21 heavy (non-hydrogen) atoms. The van der Waals surface area contributed by atoms with Gasteiger partial charge in [0.15, 0.2) is 0 Å². The van der Waals surface area contributed by atoms with E-state index in [9.17, 15) is 4.79 Å². The molecule has 0 aromatic heterocycles. The summed E-state index contributed by atoms with van der Waals surface area (Å²) in [6.45, 7) is 14.8. The largest absolute Gasteiger partial charge is 0.375 e. The first-order chi connectivity index (χ1) is 9.78. The number of unbranched alkanes of at least 4 members (excludes halogenated alkanes) is 1. The van der Waals surface area contributed by atoms with Gasteiger partial charge in [-0.05, 0) is 38.0 Å². The second-order valence-electron chi connectivity index (χ2n) is 7.12. The highest BCUT2D eigenvalue weighted by atomic mass is 16.5. The van der Waals surface area contributed by atoms with Gasteiger partial charge in [0.25, 0.3) is 0 Å². The Balaban J connectivity index is 4.07. The van der Waals surface area contributed by atoms with Crippen molar-refractivity contribution in [2.45, 2.75) is 92.1 Å². The molecule has 1 atom stereocenters. The van der Waals surface area contributed by atoms with Crippen molar-refractivity contribution in [2.24, 2.45) is 5.41 Å². The van der Waals surface area contributed by atoms with Crippen LogP contribution in [0.4, 0.5) is 0 Å². The number of hydrogen-bond donors (Lipinski definition) is 1. The predicted molar refractivity (Wildman–Crippen MR) is 90.5 cm³/mol. The van der Waals surface area contributed by atoms with Crippen molar-refractivity contribution in [3.8, 4) is 0 Å². The number of ether oxygens (including phenoxy) is 1. The average molecular weight is 299 g/mol. The molecule has 0 aromatic carbocycles. The summed E-state index contributed by atoms with van der Waals surface area (Å²) in [5.74, 6) is 0.153. The molecule has 0 rings (SSSR count). The summed E-state index contributed by atoms with van der Waals surface area (Å²) in [5.41, 5.74) is 0.165. The number of hydrogen-bond acceptors (Lipinski definition) is 2. The first-order valence-corrected chi connectivity index (χ1v) is 8.69. The lowest BCUT2D eigenvalue weighted by molar-refractivity contribution is -0.123. The molecular formula is C18H37NO2. The zero-order chi connectivity index (χ0) is 16.4. The van der Waals surface area contributed by atoms with E-state index in [0.717, 1.165) is 45.3 Å². The Morgan fingerprint density at radius 2 is 1.71 bits per heavy atom. The van der Waals surface area contributed by atoms with Crippen molar-refractivity contribution in [3.05, 3.63) is 0 Å². The molecule has 3 nitrogen and oxygen atoms in total. The smallest absolute Gasteiger partial charge is 0.220 e.